The summed E-state index contributed by atoms with van der Waals surface area (Å²) in [5, 5.41) is 12.0. The fourth-order valence-electron chi connectivity index (χ4n) is 2.59. The molecule has 0 aliphatic carbocycles. The average Bonchev–Trinajstić information content (AvgIpc) is 3.07. The van der Waals surface area contributed by atoms with Gasteiger partial charge in [0.2, 0.25) is 0 Å². The number of rotatable bonds is 7. The Labute approximate surface area is 138 Å². The van der Waals surface area contributed by atoms with Crippen LogP contribution in [-0.2, 0) is 11.3 Å². The Kier molecular flexibility index (Phi) is 4.81. The molecule has 0 bridgehead atoms. The Morgan fingerprint density at radius 1 is 1.29 bits per heavy atom. The number of carboxylic acids is 1. The van der Waals surface area contributed by atoms with Crippen molar-refractivity contribution in [2.45, 2.75) is 6.54 Å². The molecule has 2 N–H and O–H groups in total. The molecular weight excluding hydrogens is 312 g/mol. The number of nitrogens with zero attached hydrogens (tertiary/aromatic N) is 1. The Morgan fingerprint density at radius 2 is 2.17 bits per heavy atom. The minimum atomic E-state index is -0.917. The second-order valence-corrected chi connectivity index (χ2v) is 5.45. The molecule has 1 aromatic heterocycles. The van der Waals surface area contributed by atoms with Gasteiger partial charge in [-0.05, 0) is 30.3 Å². The molecule has 1 aromatic carbocycles. The van der Waals surface area contributed by atoms with Crippen molar-refractivity contribution in [3.8, 4) is 5.75 Å². The number of anilines is 1. The zero-order valence-electron chi connectivity index (χ0n) is 13.0. The number of carbonyl (C=O) groups is 2. The molecule has 0 amide bonds. The Balaban J connectivity index is 1.67. The highest BCUT2D eigenvalue weighted by Gasteiger charge is 2.21. The molecular formula is C17H18N2O5. The summed E-state index contributed by atoms with van der Waals surface area (Å²) in [5.41, 5.74) is 1.15. The van der Waals surface area contributed by atoms with Crippen LogP contribution in [0.25, 0.3) is 0 Å². The zero-order valence-corrected chi connectivity index (χ0v) is 13.0. The van der Waals surface area contributed by atoms with Gasteiger partial charge in [-0.1, -0.05) is 0 Å². The standard InChI is InChI=1S/C17H18N2O5/c20-15(10-18-9-13-2-1-6-23-13)12-3-4-16-14(8-12)19(5-7-24-16)11-17(21)22/h1-4,6,8,18H,5,7,9-11H2,(H,21,22). The molecule has 1 aliphatic heterocycles. The number of fused-ring (bicyclic) bond motifs is 1. The Morgan fingerprint density at radius 3 is 2.92 bits per heavy atom. The maximum Gasteiger partial charge on any atom is 0.323 e. The van der Waals surface area contributed by atoms with Gasteiger partial charge < -0.3 is 24.5 Å². The first-order valence-corrected chi connectivity index (χ1v) is 7.63. The van der Waals surface area contributed by atoms with E-state index in [1.165, 1.54) is 0 Å². The molecule has 126 valence electrons. The number of aliphatic carboxylic acids is 1. The van der Waals surface area contributed by atoms with Crippen LogP contribution in [0.5, 0.6) is 5.75 Å². The lowest BCUT2D eigenvalue weighted by Crippen LogP contribution is -2.36. The van der Waals surface area contributed by atoms with Gasteiger partial charge in [-0.15, -0.1) is 0 Å². The lowest BCUT2D eigenvalue weighted by atomic mass is 10.1. The van der Waals surface area contributed by atoms with Crippen molar-refractivity contribution < 1.29 is 23.8 Å². The third-order valence-corrected chi connectivity index (χ3v) is 3.73. The maximum atomic E-state index is 12.3. The molecule has 0 fully saturated rings. The number of Topliss-reactive ketones (excluding diaryl/α,β-unsaturated/α-hetero) is 1. The molecule has 0 saturated heterocycles. The highest BCUT2D eigenvalue weighted by atomic mass is 16.5. The van der Waals surface area contributed by atoms with Crippen molar-refractivity contribution in [2.75, 3.05) is 31.1 Å². The minimum Gasteiger partial charge on any atom is -0.490 e. The molecule has 3 rings (SSSR count). The van der Waals surface area contributed by atoms with E-state index in [1.54, 1.807) is 35.4 Å². The maximum absolute atomic E-state index is 12.3. The normalized spacial score (nSPS) is 13.2. The molecule has 0 spiro atoms. The Bertz CT molecular complexity index is 727. The Hall–Kier alpha value is -2.80. The number of nitrogens with one attached hydrogen (secondary N) is 1. The number of furan rings is 1. The number of carbonyl (C=O) groups excluding carboxylic acids is 1. The first-order chi connectivity index (χ1) is 11.6. The van der Waals surface area contributed by atoms with Crippen LogP contribution >= 0.6 is 0 Å². The van der Waals surface area contributed by atoms with Gasteiger partial charge in [0.25, 0.3) is 0 Å². The summed E-state index contributed by atoms with van der Waals surface area (Å²) >= 11 is 0. The van der Waals surface area contributed by atoms with Gasteiger partial charge in [-0.2, -0.15) is 0 Å². The summed E-state index contributed by atoms with van der Waals surface area (Å²) in [6.07, 6.45) is 1.58. The van der Waals surface area contributed by atoms with Crippen molar-refractivity contribution in [1.82, 2.24) is 5.32 Å². The fraction of sp³-hybridized carbons (Fsp3) is 0.294. The van der Waals surface area contributed by atoms with Crippen LogP contribution in [0, 0.1) is 0 Å². The second kappa shape index (κ2) is 7.18. The van der Waals surface area contributed by atoms with Crippen molar-refractivity contribution in [1.29, 1.82) is 0 Å². The van der Waals surface area contributed by atoms with Gasteiger partial charge in [-0.3, -0.25) is 9.59 Å². The zero-order chi connectivity index (χ0) is 16.9. The van der Waals surface area contributed by atoms with E-state index in [1.807, 2.05) is 6.07 Å². The first kappa shape index (κ1) is 16.1. The average molecular weight is 330 g/mol. The van der Waals surface area contributed by atoms with Gasteiger partial charge >= 0.3 is 5.97 Å². The highest BCUT2D eigenvalue weighted by molar-refractivity contribution is 5.99. The number of hydrogen-bond acceptors (Lipinski definition) is 6. The largest absolute Gasteiger partial charge is 0.490 e. The van der Waals surface area contributed by atoms with E-state index in [9.17, 15) is 9.59 Å². The molecule has 0 unspecified atom stereocenters. The van der Waals surface area contributed by atoms with E-state index in [-0.39, 0.29) is 18.9 Å². The van der Waals surface area contributed by atoms with E-state index in [0.29, 0.717) is 36.7 Å². The molecule has 7 heteroatoms. The van der Waals surface area contributed by atoms with Crippen molar-refractivity contribution in [2.24, 2.45) is 0 Å². The minimum absolute atomic E-state index is 0.0785. The van der Waals surface area contributed by atoms with Crippen LogP contribution in [-0.4, -0.2) is 43.1 Å². The molecule has 2 aromatic rings. The summed E-state index contributed by atoms with van der Waals surface area (Å²) in [5.74, 6) is 0.363. The second-order valence-electron chi connectivity index (χ2n) is 5.45. The molecule has 24 heavy (non-hydrogen) atoms. The van der Waals surface area contributed by atoms with Crippen LogP contribution in [0.2, 0.25) is 0 Å². The van der Waals surface area contributed by atoms with Gasteiger partial charge in [0, 0.05) is 5.56 Å². The summed E-state index contributed by atoms with van der Waals surface area (Å²) in [6, 6.07) is 8.72. The SMILES string of the molecule is O=C(O)CN1CCOc2ccc(C(=O)CNCc3ccco3)cc21. The van der Waals surface area contributed by atoms with Crippen LogP contribution in [0.1, 0.15) is 16.1 Å². The molecule has 0 radical (unpaired) electrons. The summed E-state index contributed by atoms with van der Waals surface area (Å²) in [7, 11) is 0. The summed E-state index contributed by atoms with van der Waals surface area (Å²) in [4.78, 5) is 25.0. The third kappa shape index (κ3) is 3.75. The number of ether oxygens (including phenoxy) is 1. The predicted molar refractivity (Wildman–Crippen MR) is 86.5 cm³/mol. The quantitative estimate of drug-likeness (QED) is 0.744. The van der Waals surface area contributed by atoms with E-state index in [0.717, 1.165) is 5.76 Å². The number of ketones is 1. The lowest BCUT2D eigenvalue weighted by molar-refractivity contribution is -0.135. The van der Waals surface area contributed by atoms with Crippen LogP contribution in [0.3, 0.4) is 0 Å². The highest BCUT2D eigenvalue weighted by Crippen LogP contribution is 2.32. The number of benzene rings is 1. The van der Waals surface area contributed by atoms with Crippen LogP contribution in [0.4, 0.5) is 5.69 Å². The van der Waals surface area contributed by atoms with Gasteiger partial charge in [0.15, 0.2) is 5.78 Å². The van der Waals surface area contributed by atoms with Crippen LogP contribution in [0.15, 0.2) is 41.0 Å². The van der Waals surface area contributed by atoms with E-state index < -0.39 is 5.97 Å². The van der Waals surface area contributed by atoms with Gasteiger partial charge in [-0.25, -0.2) is 0 Å². The van der Waals surface area contributed by atoms with Gasteiger partial charge in [0.05, 0.1) is 31.6 Å². The third-order valence-electron chi connectivity index (χ3n) is 3.73. The van der Waals surface area contributed by atoms with Gasteiger partial charge in [0.1, 0.15) is 24.7 Å². The number of carboxylic acid groups (broad SMARTS) is 1. The van der Waals surface area contributed by atoms with Crippen LogP contribution < -0.4 is 15.0 Å². The fourth-order valence-corrected chi connectivity index (χ4v) is 2.59. The topological polar surface area (TPSA) is 92.0 Å². The van der Waals surface area contributed by atoms with Crippen molar-refractivity contribution in [3.05, 3.63) is 47.9 Å². The first-order valence-electron chi connectivity index (χ1n) is 7.63. The van der Waals surface area contributed by atoms with Crippen molar-refractivity contribution >= 4 is 17.4 Å². The van der Waals surface area contributed by atoms with E-state index in [2.05, 4.69) is 5.32 Å². The predicted octanol–water partition coefficient (Wildman–Crippen LogP) is 1.54. The number of hydrogen-bond donors (Lipinski definition) is 2. The van der Waals surface area contributed by atoms with Crippen molar-refractivity contribution in [3.63, 3.8) is 0 Å². The molecule has 1 aliphatic rings. The summed E-state index contributed by atoms with van der Waals surface area (Å²) in [6.45, 7) is 1.42. The monoisotopic (exact) mass is 330 g/mol. The van der Waals surface area contributed by atoms with E-state index in [4.69, 9.17) is 14.3 Å². The molecule has 0 atom stereocenters. The molecule has 2 heterocycles. The lowest BCUT2D eigenvalue weighted by Gasteiger charge is -2.30. The summed E-state index contributed by atoms with van der Waals surface area (Å²) < 4.78 is 10.7. The molecule has 7 nitrogen and oxygen atoms in total. The smallest absolute Gasteiger partial charge is 0.323 e. The molecule has 0 saturated carbocycles. The van der Waals surface area contributed by atoms with E-state index >= 15 is 0 Å².